The van der Waals surface area contributed by atoms with Gasteiger partial charge in [-0.2, -0.15) is 0 Å². The summed E-state index contributed by atoms with van der Waals surface area (Å²) in [7, 11) is 0. The van der Waals surface area contributed by atoms with Gasteiger partial charge in [0, 0.05) is 6.42 Å². The Bertz CT molecular complexity index is 423. The van der Waals surface area contributed by atoms with Gasteiger partial charge in [0.1, 0.15) is 0 Å². The van der Waals surface area contributed by atoms with Crippen LogP contribution in [-0.2, 0) is 6.42 Å². The molecule has 0 amide bonds. The molecule has 1 aliphatic carbocycles. The van der Waals surface area contributed by atoms with Crippen LogP contribution in [0.3, 0.4) is 0 Å². The maximum Gasteiger partial charge on any atom is 0.294 e. The first-order valence-electron chi connectivity index (χ1n) is 5.70. The highest BCUT2D eigenvalue weighted by Crippen LogP contribution is 2.49. The quantitative estimate of drug-likeness (QED) is 0.798. The number of aromatic nitrogens is 2. The topological polar surface area (TPSA) is 67.8 Å². The number of nitrogens with two attached hydrogens (primary N) is 1. The van der Waals surface area contributed by atoms with E-state index in [0.29, 0.717) is 16.8 Å². The molecule has 0 bridgehead atoms. The van der Waals surface area contributed by atoms with Crippen LogP contribution in [0.15, 0.2) is 4.52 Å². The Kier molecular flexibility index (Phi) is 2.92. The summed E-state index contributed by atoms with van der Waals surface area (Å²) in [5, 5.41) is 3.93. The molecule has 0 aromatic carbocycles. The summed E-state index contributed by atoms with van der Waals surface area (Å²) in [4.78, 5) is 3.32. The van der Waals surface area contributed by atoms with Gasteiger partial charge in [0.15, 0.2) is 5.82 Å². The molecule has 0 aliphatic heterocycles. The second-order valence-corrected chi connectivity index (χ2v) is 6.13. The molecule has 1 aromatic rings. The smallest absolute Gasteiger partial charge is 0.294 e. The SMILES string of the molecule is CC1(C)CCC(CN)(Cc2noc(=S)[nH]2)C1. The third-order valence-electron chi connectivity index (χ3n) is 3.65. The third-order valence-corrected chi connectivity index (χ3v) is 3.82. The highest BCUT2D eigenvalue weighted by molar-refractivity contribution is 7.71. The van der Waals surface area contributed by atoms with Gasteiger partial charge in [-0.25, -0.2) is 0 Å². The Balaban J connectivity index is 2.15. The zero-order valence-corrected chi connectivity index (χ0v) is 10.7. The van der Waals surface area contributed by atoms with Crippen LogP contribution in [0.2, 0.25) is 0 Å². The van der Waals surface area contributed by atoms with E-state index >= 15 is 0 Å². The lowest BCUT2D eigenvalue weighted by molar-refractivity contribution is 0.252. The van der Waals surface area contributed by atoms with Crippen LogP contribution in [0.5, 0.6) is 0 Å². The molecule has 1 heterocycles. The first-order chi connectivity index (χ1) is 7.45. The lowest BCUT2D eigenvalue weighted by atomic mass is 9.79. The molecule has 0 radical (unpaired) electrons. The number of hydrogen-bond donors (Lipinski definition) is 2. The Labute approximate surface area is 101 Å². The van der Waals surface area contributed by atoms with Crippen LogP contribution < -0.4 is 5.73 Å². The molecule has 3 N–H and O–H groups in total. The van der Waals surface area contributed by atoms with Crippen molar-refractivity contribution in [1.82, 2.24) is 10.1 Å². The monoisotopic (exact) mass is 241 g/mol. The fourth-order valence-electron chi connectivity index (χ4n) is 2.88. The molecule has 0 spiro atoms. The minimum atomic E-state index is 0.165. The van der Waals surface area contributed by atoms with E-state index in [-0.39, 0.29) is 5.41 Å². The molecule has 4 nitrogen and oxygen atoms in total. The predicted molar refractivity (Wildman–Crippen MR) is 64.5 cm³/mol. The van der Waals surface area contributed by atoms with E-state index in [9.17, 15) is 0 Å². The lowest BCUT2D eigenvalue weighted by Gasteiger charge is -2.28. The molecule has 1 unspecified atom stereocenters. The van der Waals surface area contributed by atoms with Gasteiger partial charge >= 0.3 is 0 Å². The van der Waals surface area contributed by atoms with Gasteiger partial charge in [-0.15, -0.1) is 0 Å². The standard InChI is InChI=1S/C11H19N3OS/c1-10(2)3-4-11(6-10,7-12)5-8-13-9(16)15-14-8/h3-7,12H2,1-2H3,(H,13,14,16). The molecule has 1 atom stereocenters. The van der Waals surface area contributed by atoms with E-state index in [1.165, 1.54) is 6.42 Å². The molecule has 1 fully saturated rings. The van der Waals surface area contributed by atoms with Gasteiger partial charge in [-0.05, 0) is 48.9 Å². The minimum Gasteiger partial charge on any atom is -0.330 e. The van der Waals surface area contributed by atoms with Gasteiger partial charge < -0.3 is 10.3 Å². The summed E-state index contributed by atoms with van der Waals surface area (Å²) in [6, 6.07) is 0. The highest BCUT2D eigenvalue weighted by Gasteiger charge is 2.42. The van der Waals surface area contributed by atoms with E-state index in [2.05, 4.69) is 24.0 Å². The van der Waals surface area contributed by atoms with Gasteiger partial charge in [0.25, 0.3) is 4.84 Å². The molecule has 1 aromatic heterocycles. The predicted octanol–water partition coefficient (Wildman–Crippen LogP) is 2.43. The average molecular weight is 241 g/mol. The molecular weight excluding hydrogens is 222 g/mol. The lowest BCUT2D eigenvalue weighted by Crippen LogP contribution is -2.31. The van der Waals surface area contributed by atoms with E-state index < -0.39 is 0 Å². The molecule has 1 aliphatic rings. The summed E-state index contributed by atoms with van der Waals surface area (Å²) in [6.07, 6.45) is 4.36. The molecular formula is C11H19N3OS. The van der Waals surface area contributed by atoms with Crippen molar-refractivity contribution in [3.05, 3.63) is 10.7 Å². The normalized spacial score (nSPS) is 28.4. The van der Waals surface area contributed by atoms with Crippen molar-refractivity contribution in [2.75, 3.05) is 6.54 Å². The average Bonchev–Trinajstić information content (AvgIpc) is 2.72. The van der Waals surface area contributed by atoms with E-state index in [1.54, 1.807) is 0 Å². The van der Waals surface area contributed by atoms with Crippen molar-refractivity contribution < 1.29 is 4.52 Å². The number of H-pyrrole nitrogens is 1. The molecule has 2 rings (SSSR count). The van der Waals surface area contributed by atoms with Gasteiger partial charge in [-0.3, -0.25) is 4.98 Å². The molecule has 5 heteroatoms. The van der Waals surface area contributed by atoms with Gasteiger partial charge in [-0.1, -0.05) is 19.0 Å². The number of rotatable bonds is 3. The van der Waals surface area contributed by atoms with Gasteiger partial charge in [0.05, 0.1) is 0 Å². The first-order valence-corrected chi connectivity index (χ1v) is 6.11. The van der Waals surface area contributed by atoms with E-state index in [1.807, 2.05) is 0 Å². The number of aromatic amines is 1. The van der Waals surface area contributed by atoms with Gasteiger partial charge in [0.2, 0.25) is 0 Å². The van der Waals surface area contributed by atoms with Crippen LogP contribution in [-0.4, -0.2) is 16.7 Å². The third kappa shape index (κ3) is 2.35. The zero-order chi connectivity index (χ0) is 11.8. The molecule has 90 valence electrons. The summed E-state index contributed by atoms with van der Waals surface area (Å²) in [6.45, 7) is 5.30. The second kappa shape index (κ2) is 3.96. The first kappa shape index (κ1) is 11.8. The Hall–Kier alpha value is -0.680. The molecule has 0 saturated heterocycles. The van der Waals surface area contributed by atoms with E-state index in [4.69, 9.17) is 22.5 Å². The fourth-order valence-corrected chi connectivity index (χ4v) is 3.04. The van der Waals surface area contributed by atoms with Crippen molar-refractivity contribution in [3.63, 3.8) is 0 Å². The highest BCUT2D eigenvalue weighted by atomic mass is 32.1. The van der Waals surface area contributed by atoms with Crippen LogP contribution in [0, 0.1) is 15.7 Å². The van der Waals surface area contributed by atoms with Crippen molar-refractivity contribution in [2.24, 2.45) is 16.6 Å². The largest absolute Gasteiger partial charge is 0.330 e. The zero-order valence-electron chi connectivity index (χ0n) is 9.88. The van der Waals surface area contributed by atoms with Crippen LogP contribution in [0.25, 0.3) is 0 Å². The number of nitrogens with zero attached hydrogens (tertiary/aromatic N) is 1. The summed E-state index contributed by atoms with van der Waals surface area (Å²) in [5.74, 6) is 0.827. The Morgan fingerprint density at radius 2 is 2.25 bits per heavy atom. The van der Waals surface area contributed by atoms with Crippen molar-refractivity contribution in [2.45, 2.75) is 39.5 Å². The number of hydrogen-bond acceptors (Lipinski definition) is 4. The maximum atomic E-state index is 5.95. The minimum absolute atomic E-state index is 0.165. The van der Waals surface area contributed by atoms with E-state index in [0.717, 1.165) is 25.1 Å². The number of nitrogens with one attached hydrogen (secondary N) is 1. The van der Waals surface area contributed by atoms with Crippen molar-refractivity contribution in [1.29, 1.82) is 0 Å². The Morgan fingerprint density at radius 1 is 1.50 bits per heavy atom. The van der Waals surface area contributed by atoms with Crippen LogP contribution in [0.4, 0.5) is 0 Å². The van der Waals surface area contributed by atoms with Crippen molar-refractivity contribution in [3.8, 4) is 0 Å². The fraction of sp³-hybridized carbons (Fsp3) is 0.818. The van der Waals surface area contributed by atoms with Crippen molar-refractivity contribution >= 4 is 12.2 Å². The Morgan fingerprint density at radius 3 is 2.69 bits per heavy atom. The second-order valence-electron chi connectivity index (χ2n) is 5.76. The summed E-state index contributed by atoms with van der Waals surface area (Å²) < 4.78 is 4.88. The van der Waals surface area contributed by atoms with Crippen LogP contribution >= 0.6 is 12.2 Å². The maximum absolute atomic E-state index is 5.95. The summed E-state index contributed by atoms with van der Waals surface area (Å²) in [5.41, 5.74) is 6.50. The molecule has 16 heavy (non-hydrogen) atoms. The summed E-state index contributed by atoms with van der Waals surface area (Å²) >= 11 is 4.88. The molecule has 1 saturated carbocycles. The van der Waals surface area contributed by atoms with Crippen LogP contribution in [0.1, 0.15) is 38.9 Å².